The molecular weight excluding hydrogens is 317 g/mol. The van der Waals surface area contributed by atoms with Crippen molar-refractivity contribution < 1.29 is 19.2 Å². The molecule has 0 rings (SSSR count). The molecule has 0 nitrogen and oxygen atoms in total. The molecule has 0 unspecified atom stereocenters. The number of hydrogen-bond donors (Lipinski definition) is 0. The molecule has 97 valence electrons. The van der Waals surface area contributed by atoms with Crippen molar-refractivity contribution in [2.45, 2.75) is 63.4 Å². The van der Waals surface area contributed by atoms with E-state index in [0.717, 1.165) is 4.89 Å². The van der Waals surface area contributed by atoms with Crippen molar-refractivity contribution in [3.63, 3.8) is 0 Å². The maximum absolute atomic E-state index is 6.68. The van der Waals surface area contributed by atoms with E-state index in [2.05, 4.69) is 67.3 Å². The molecule has 0 bridgehead atoms. The molecule has 0 aromatic rings. The summed E-state index contributed by atoms with van der Waals surface area (Å²) in [6.07, 6.45) is 1.81. The Bertz CT molecular complexity index is 145. The fraction of sp³-hybridized carbons (Fsp3) is 0.833. The van der Waals surface area contributed by atoms with Crippen LogP contribution >= 0.6 is 17.9 Å². The topological polar surface area (TPSA) is 0 Å². The predicted molar refractivity (Wildman–Crippen MR) is 74.6 cm³/mol. The van der Waals surface area contributed by atoms with Gasteiger partial charge in [0.15, 0.2) is 0 Å². The molecule has 0 aliphatic carbocycles. The summed E-state index contributed by atoms with van der Waals surface area (Å²) in [5.74, 6) is 0. The second kappa shape index (κ2) is 9.18. The minimum atomic E-state index is -1.51. The molecule has 15 heavy (non-hydrogen) atoms. The van der Waals surface area contributed by atoms with Crippen molar-refractivity contribution in [3.8, 4) is 0 Å². The molecule has 0 aromatic heterocycles. The van der Waals surface area contributed by atoms with Gasteiger partial charge in [-0.1, -0.05) is 0 Å². The molecule has 0 saturated carbocycles. The van der Waals surface area contributed by atoms with Gasteiger partial charge >= 0.3 is 113 Å². The van der Waals surface area contributed by atoms with Crippen molar-refractivity contribution in [2.24, 2.45) is 0 Å². The van der Waals surface area contributed by atoms with Gasteiger partial charge in [0, 0.05) is 0 Å². The zero-order chi connectivity index (χ0) is 12.6. The van der Waals surface area contributed by atoms with Crippen molar-refractivity contribution in [3.05, 3.63) is 12.7 Å². The van der Waals surface area contributed by atoms with Crippen molar-refractivity contribution >= 4 is 17.9 Å². The number of halogens is 1. The van der Waals surface area contributed by atoms with Gasteiger partial charge in [-0.25, -0.2) is 0 Å². The molecule has 0 atom stereocenters. The Labute approximate surface area is 113 Å². The molecule has 0 amide bonds. The summed E-state index contributed by atoms with van der Waals surface area (Å²) in [7, 11) is 0. The summed E-state index contributed by atoms with van der Waals surface area (Å²) < 4.78 is 0. The number of allylic oxidation sites excluding steroid dienone is 1. The standard InChI is InChI=1S/C9H22ClP.C3H5.Pd/c1-7(2)11(10,8(3)4)9(5)6;1-3-2;/h7-9,11H,1-6H3;3H,1-2H2;. The Kier molecular flexibility index (Phi) is 11.3. The SMILES string of the molecule is C=C[CH2][Pd].CC(C)[PH](Cl)(C(C)C)C(C)C. The van der Waals surface area contributed by atoms with Crippen LogP contribution in [0.3, 0.4) is 0 Å². The average molecular weight is 344 g/mol. The molecule has 0 radical (unpaired) electrons. The Morgan fingerprint density at radius 1 is 1.07 bits per heavy atom. The Balaban J connectivity index is 0. The fourth-order valence-electron chi connectivity index (χ4n) is 2.00. The van der Waals surface area contributed by atoms with Crippen LogP contribution in [0.5, 0.6) is 0 Å². The third-order valence-electron chi connectivity index (χ3n) is 2.75. The molecular formula is C12H27ClPPd. The Hall–Kier alpha value is 1.12. The van der Waals surface area contributed by atoms with E-state index >= 15 is 0 Å². The number of hydrogen-bond acceptors (Lipinski definition) is 0. The van der Waals surface area contributed by atoms with Gasteiger partial charge in [-0.15, -0.1) is 0 Å². The van der Waals surface area contributed by atoms with Gasteiger partial charge < -0.3 is 0 Å². The minimum absolute atomic E-state index is 0.684. The first-order valence-corrected chi connectivity index (χ1v) is 9.90. The normalized spacial score (nSPS) is 12.8. The maximum atomic E-state index is 6.68. The molecule has 3 heteroatoms. The molecule has 0 fully saturated rings. The first kappa shape index (κ1) is 18.5. The summed E-state index contributed by atoms with van der Waals surface area (Å²) >= 11 is 9.60. The second-order valence-corrected chi connectivity index (χ2v) is 12.4. The fourth-order valence-corrected chi connectivity index (χ4v) is 6.00. The Morgan fingerprint density at radius 2 is 1.27 bits per heavy atom. The summed E-state index contributed by atoms with van der Waals surface area (Å²) in [5.41, 5.74) is 2.05. The van der Waals surface area contributed by atoms with Gasteiger partial charge in [0.1, 0.15) is 0 Å². The van der Waals surface area contributed by atoms with Crippen molar-refractivity contribution in [1.29, 1.82) is 0 Å². The zero-order valence-electron chi connectivity index (χ0n) is 10.9. The van der Waals surface area contributed by atoms with E-state index in [1.54, 1.807) is 0 Å². The number of rotatable bonds is 4. The first-order chi connectivity index (χ1) is 6.74. The predicted octanol–water partition coefficient (Wildman–Crippen LogP) is 5.25. The monoisotopic (exact) mass is 343 g/mol. The van der Waals surface area contributed by atoms with Crippen LogP contribution in [0.25, 0.3) is 0 Å². The van der Waals surface area contributed by atoms with E-state index in [1.807, 2.05) is 6.08 Å². The van der Waals surface area contributed by atoms with Gasteiger partial charge in [0.25, 0.3) is 0 Å². The van der Waals surface area contributed by atoms with Crippen LogP contribution in [0.1, 0.15) is 41.5 Å². The molecule has 0 aliphatic heterocycles. The average Bonchev–Trinajstić information content (AvgIpc) is 2.15. The van der Waals surface area contributed by atoms with Crippen LogP contribution in [0.2, 0.25) is 4.89 Å². The Morgan fingerprint density at radius 3 is 1.27 bits per heavy atom. The van der Waals surface area contributed by atoms with Crippen LogP contribution in [0.15, 0.2) is 12.7 Å². The summed E-state index contributed by atoms with van der Waals surface area (Å²) in [6.45, 7) is 15.5. The van der Waals surface area contributed by atoms with Gasteiger partial charge in [-0.2, -0.15) is 0 Å². The van der Waals surface area contributed by atoms with Gasteiger partial charge in [0.2, 0.25) is 0 Å². The van der Waals surface area contributed by atoms with Crippen LogP contribution in [-0.2, 0) is 19.2 Å². The molecule has 0 aliphatic rings. The molecule has 0 spiro atoms. The summed E-state index contributed by atoms with van der Waals surface area (Å²) in [6, 6.07) is 0. The van der Waals surface area contributed by atoms with Gasteiger partial charge in [0.05, 0.1) is 0 Å². The van der Waals surface area contributed by atoms with E-state index < -0.39 is 6.62 Å². The van der Waals surface area contributed by atoms with Crippen molar-refractivity contribution in [1.82, 2.24) is 0 Å². The third kappa shape index (κ3) is 6.43. The van der Waals surface area contributed by atoms with Crippen LogP contribution in [0, 0.1) is 0 Å². The van der Waals surface area contributed by atoms with Crippen LogP contribution in [-0.4, -0.2) is 17.0 Å². The van der Waals surface area contributed by atoms with E-state index in [0.29, 0.717) is 17.0 Å². The third-order valence-corrected chi connectivity index (χ3v) is 12.4. The second-order valence-electron chi connectivity index (χ2n) is 4.71. The molecule has 0 N–H and O–H groups in total. The van der Waals surface area contributed by atoms with E-state index in [4.69, 9.17) is 11.2 Å². The van der Waals surface area contributed by atoms with Crippen LogP contribution < -0.4 is 0 Å². The van der Waals surface area contributed by atoms with Gasteiger partial charge in [-0.05, 0) is 0 Å². The van der Waals surface area contributed by atoms with Gasteiger partial charge in [-0.3, -0.25) is 0 Å². The molecule has 0 aromatic carbocycles. The molecule has 0 heterocycles. The van der Waals surface area contributed by atoms with E-state index in [9.17, 15) is 0 Å². The summed E-state index contributed by atoms with van der Waals surface area (Å²) in [5, 5.41) is 0. The van der Waals surface area contributed by atoms with E-state index in [1.165, 1.54) is 0 Å². The van der Waals surface area contributed by atoms with Crippen LogP contribution in [0.4, 0.5) is 0 Å². The first-order valence-electron chi connectivity index (χ1n) is 5.56. The zero-order valence-corrected chi connectivity index (χ0v) is 14.2. The van der Waals surface area contributed by atoms with E-state index in [-0.39, 0.29) is 0 Å². The quantitative estimate of drug-likeness (QED) is 0.371. The molecule has 0 saturated heterocycles. The van der Waals surface area contributed by atoms with Crippen molar-refractivity contribution in [2.75, 3.05) is 0 Å². The summed E-state index contributed by atoms with van der Waals surface area (Å²) in [4.78, 5) is 0.933.